The summed E-state index contributed by atoms with van der Waals surface area (Å²) in [6, 6.07) is 13.5. The largest absolute Gasteiger partial charge is 0.497 e. The third-order valence-corrected chi connectivity index (χ3v) is 5.60. The summed E-state index contributed by atoms with van der Waals surface area (Å²) in [6.07, 6.45) is 5.82. The highest BCUT2D eigenvalue weighted by atomic mass is 16.5. The van der Waals surface area contributed by atoms with Gasteiger partial charge in [0, 0.05) is 50.1 Å². The van der Waals surface area contributed by atoms with Crippen molar-refractivity contribution in [2.45, 2.75) is 25.2 Å². The van der Waals surface area contributed by atoms with Crippen LogP contribution in [-0.2, 0) is 11.2 Å². The number of hydrogen-bond acceptors (Lipinski definition) is 6. The molecule has 1 aliphatic heterocycles. The number of aromatic nitrogens is 3. The van der Waals surface area contributed by atoms with Gasteiger partial charge in [0.05, 0.1) is 19.2 Å². The first kappa shape index (κ1) is 20.8. The molecule has 3 heterocycles. The maximum atomic E-state index is 13.0. The van der Waals surface area contributed by atoms with Crippen molar-refractivity contribution < 1.29 is 9.53 Å². The molecule has 0 bridgehead atoms. The second kappa shape index (κ2) is 9.55. The van der Waals surface area contributed by atoms with Gasteiger partial charge in [-0.1, -0.05) is 12.1 Å². The summed E-state index contributed by atoms with van der Waals surface area (Å²) in [5.41, 5.74) is 2.80. The summed E-state index contributed by atoms with van der Waals surface area (Å²) in [5.74, 6) is 2.49. The minimum atomic E-state index is 0.133. The summed E-state index contributed by atoms with van der Waals surface area (Å²) in [4.78, 5) is 28.5. The number of carbonyl (C=O) groups excluding carboxylic acids is 1. The normalized spacial score (nSPS) is 16.1. The van der Waals surface area contributed by atoms with Crippen molar-refractivity contribution in [2.75, 3.05) is 32.6 Å². The molecule has 0 radical (unpaired) electrons. The molecular formula is C24H27N5O2. The Kier molecular flexibility index (Phi) is 6.40. The minimum absolute atomic E-state index is 0.133. The van der Waals surface area contributed by atoms with Crippen molar-refractivity contribution in [2.24, 2.45) is 0 Å². The van der Waals surface area contributed by atoms with Crippen LogP contribution >= 0.6 is 0 Å². The number of anilines is 1. The molecule has 1 atom stereocenters. The molecule has 7 heteroatoms. The SMILES string of the molecule is CNc1cc(C2CCCN(C(=O)Cc3cccc(OC)c3)C2)nc(-c2cccnc2)n1. The monoisotopic (exact) mass is 417 g/mol. The number of amides is 1. The summed E-state index contributed by atoms with van der Waals surface area (Å²) in [5, 5.41) is 3.13. The van der Waals surface area contributed by atoms with Crippen LogP contribution in [0, 0.1) is 0 Å². The van der Waals surface area contributed by atoms with E-state index < -0.39 is 0 Å². The Bertz CT molecular complexity index is 1040. The summed E-state index contributed by atoms with van der Waals surface area (Å²) < 4.78 is 5.28. The second-order valence-corrected chi connectivity index (χ2v) is 7.70. The first-order valence-corrected chi connectivity index (χ1v) is 10.5. The van der Waals surface area contributed by atoms with Gasteiger partial charge >= 0.3 is 0 Å². The molecule has 31 heavy (non-hydrogen) atoms. The van der Waals surface area contributed by atoms with Crippen LogP contribution in [0.5, 0.6) is 5.75 Å². The molecule has 7 nitrogen and oxygen atoms in total. The standard InChI is InChI=1S/C24H27N5O2/c1-25-22-14-21(27-24(28-22)18-7-4-10-26-15-18)19-8-5-11-29(16-19)23(30)13-17-6-3-9-20(12-17)31-2/h3-4,6-7,9-10,12,14-15,19H,5,8,11,13,16H2,1-2H3,(H,25,27,28). The number of piperidine rings is 1. The number of pyridine rings is 1. The maximum Gasteiger partial charge on any atom is 0.227 e. The molecule has 1 saturated heterocycles. The van der Waals surface area contributed by atoms with Crippen molar-refractivity contribution in [3.8, 4) is 17.1 Å². The molecule has 1 aromatic carbocycles. The Balaban J connectivity index is 1.52. The number of ether oxygens (including phenoxy) is 1. The topological polar surface area (TPSA) is 80.2 Å². The molecule has 1 amide bonds. The third kappa shape index (κ3) is 4.99. The molecular weight excluding hydrogens is 390 g/mol. The van der Waals surface area contributed by atoms with Gasteiger partial charge in [-0.3, -0.25) is 9.78 Å². The molecule has 1 unspecified atom stereocenters. The van der Waals surface area contributed by atoms with E-state index >= 15 is 0 Å². The number of nitrogens with one attached hydrogen (secondary N) is 1. The molecule has 0 spiro atoms. The number of benzene rings is 1. The van der Waals surface area contributed by atoms with Crippen LogP contribution in [0.2, 0.25) is 0 Å². The highest BCUT2D eigenvalue weighted by molar-refractivity contribution is 5.79. The van der Waals surface area contributed by atoms with Gasteiger partial charge in [-0.2, -0.15) is 0 Å². The van der Waals surface area contributed by atoms with Crippen molar-refractivity contribution >= 4 is 11.7 Å². The number of hydrogen-bond donors (Lipinski definition) is 1. The van der Waals surface area contributed by atoms with Gasteiger partial charge < -0.3 is 15.0 Å². The lowest BCUT2D eigenvalue weighted by Gasteiger charge is -2.33. The highest BCUT2D eigenvalue weighted by Crippen LogP contribution is 2.29. The number of nitrogens with zero attached hydrogens (tertiary/aromatic N) is 4. The lowest BCUT2D eigenvalue weighted by Crippen LogP contribution is -2.40. The van der Waals surface area contributed by atoms with Crippen molar-refractivity contribution in [1.82, 2.24) is 19.9 Å². The van der Waals surface area contributed by atoms with Crippen molar-refractivity contribution in [3.63, 3.8) is 0 Å². The van der Waals surface area contributed by atoms with Crippen LogP contribution in [0.15, 0.2) is 54.9 Å². The second-order valence-electron chi connectivity index (χ2n) is 7.70. The van der Waals surface area contributed by atoms with Gasteiger partial charge in [0.25, 0.3) is 0 Å². The van der Waals surface area contributed by atoms with Crippen LogP contribution in [-0.4, -0.2) is 53.0 Å². The van der Waals surface area contributed by atoms with Gasteiger partial charge in [-0.25, -0.2) is 9.97 Å². The lowest BCUT2D eigenvalue weighted by molar-refractivity contribution is -0.131. The summed E-state index contributed by atoms with van der Waals surface area (Å²) in [6.45, 7) is 1.44. The third-order valence-electron chi connectivity index (χ3n) is 5.60. The van der Waals surface area contributed by atoms with E-state index in [1.807, 2.05) is 54.4 Å². The van der Waals surface area contributed by atoms with E-state index in [0.29, 0.717) is 18.8 Å². The Morgan fingerprint density at radius 3 is 2.90 bits per heavy atom. The van der Waals surface area contributed by atoms with Gasteiger partial charge in [-0.15, -0.1) is 0 Å². The Morgan fingerprint density at radius 2 is 2.13 bits per heavy atom. The maximum absolute atomic E-state index is 13.0. The quantitative estimate of drug-likeness (QED) is 0.661. The predicted octanol–water partition coefficient (Wildman–Crippen LogP) is 3.54. The van der Waals surface area contributed by atoms with Crippen LogP contribution in [0.3, 0.4) is 0 Å². The zero-order chi connectivity index (χ0) is 21.6. The molecule has 1 aliphatic rings. The summed E-state index contributed by atoms with van der Waals surface area (Å²) in [7, 11) is 3.49. The highest BCUT2D eigenvalue weighted by Gasteiger charge is 2.26. The fraction of sp³-hybridized carbons (Fsp3) is 0.333. The van der Waals surface area contributed by atoms with E-state index in [1.54, 1.807) is 19.5 Å². The molecule has 4 rings (SSSR count). The van der Waals surface area contributed by atoms with Crippen LogP contribution in [0.25, 0.3) is 11.4 Å². The molecule has 0 saturated carbocycles. The predicted molar refractivity (Wildman–Crippen MR) is 120 cm³/mol. The zero-order valence-electron chi connectivity index (χ0n) is 17.9. The average molecular weight is 418 g/mol. The number of rotatable bonds is 6. The summed E-state index contributed by atoms with van der Waals surface area (Å²) >= 11 is 0. The molecule has 0 aliphatic carbocycles. The molecule has 160 valence electrons. The number of likely N-dealkylation sites (tertiary alicyclic amines) is 1. The first-order chi connectivity index (χ1) is 15.2. The number of methoxy groups -OCH3 is 1. The van der Waals surface area contributed by atoms with Crippen LogP contribution < -0.4 is 10.1 Å². The fourth-order valence-corrected chi connectivity index (χ4v) is 3.94. The van der Waals surface area contributed by atoms with Gasteiger partial charge in [0.1, 0.15) is 11.6 Å². The number of carbonyl (C=O) groups is 1. The molecule has 1 N–H and O–H groups in total. The van der Waals surface area contributed by atoms with E-state index in [4.69, 9.17) is 9.72 Å². The average Bonchev–Trinajstić information content (AvgIpc) is 2.84. The molecule has 2 aromatic heterocycles. The first-order valence-electron chi connectivity index (χ1n) is 10.5. The lowest BCUT2D eigenvalue weighted by atomic mass is 9.93. The van der Waals surface area contributed by atoms with Crippen LogP contribution in [0.4, 0.5) is 5.82 Å². The molecule has 3 aromatic rings. The van der Waals surface area contributed by atoms with Gasteiger partial charge in [-0.05, 0) is 42.7 Å². The Morgan fingerprint density at radius 1 is 1.23 bits per heavy atom. The molecule has 1 fully saturated rings. The minimum Gasteiger partial charge on any atom is -0.497 e. The Hall–Kier alpha value is -3.48. The van der Waals surface area contributed by atoms with Gasteiger partial charge in [0.15, 0.2) is 5.82 Å². The van der Waals surface area contributed by atoms with E-state index in [0.717, 1.165) is 47.8 Å². The zero-order valence-corrected chi connectivity index (χ0v) is 17.9. The van der Waals surface area contributed by atoms with Crippen molar-refractivity contribution in [3.05, 3.63) is 66.1 Å². The van der Waals surface area contributed by atoms with Gasteiger partial charge in [0.2, 0.25) is 5.91 Å². The van der Waals surface area contributed by atoms with E-state index in [2.05, 4.69) is 15.3 Å². The smallest absolute Gasteiger partial charge is 0.227 e. The van der Waals surface area contributed by atoms with Crippen LogP contribution in [0.1, 0.15) is 30.0 Å². The fourth-order valence-electron chi connectivity index (χ4n) is 3.94. The van der Waals surface area contributed by atoms with E-state index in [9.17, 15) is 4.79 Å². The Labute approximate surface area is 182 Å². The van der Waals surface area contributed by atoms with E-state index in [1.165, 1.54) is 0 Å². The van der Waals surface area contributed by atoms with Crippen molar-refractivity contribution in [1.29, 1.82) is 0 Å². The van der Waals surface area contributed by atoms with E-state index in [-0.39, 0.29) is 11.8 Å².